The second kappa shape index (κ2) is 14.1. The number of hydrogen-bond acceptors (Lipinski definition) is 9. The minimum absolute atomic E-state index is 0.0129. The fourth-order valence-corrected chi connectivity index (χ4v) is 7.87. The summed E-state index contributed by atoms with van der Waals surface area (Å²) in [6.07, 6.45) is -3.29. The second-order valence-electron chi connectivity index (χ2n) is 11.1. The molecule has 9 nitrogen and oxygen atoms in total. The maximum atomic E-state index is 13.1. The number of ether oxygens (including phenoxy) is 1. The standard InChI is InChI=1S/C28H34F5N5O4S2/c1-2-44(40,41)21-9-3-16(4-10-21)22(11-12-34)23-24(25(35)39)43-27(37-23)38-14-19(13-20(38)15-42-26(29)30)36-18-7-5-17(6-8-18)28(31,32)33/h3-4,9-10,17-20,22,26,36H,2,5-8,11,13-15H2,1H3,(H2,35,39)/t17?,18?,19-,20-,22-/m0/s1. The summed E-state index contributed by atoms with van der Waals surface area (Å²) in [6.45, 7) is -1.58. The molecular formula is C28H34F5N5O4S2. The normalized spacial score (nSPS) is 23.5. The van der Waals surface area contributed by atoms with Gasteiger partial charge in [0.05, 0.1) is 41.0 Å². The number of carbonyl (C=O) groups excluding carboxylic acids is 1. The number of rotatable bonds is 12. The number of anilines is 1. The number of carbonyl (C=O) groups is 1. The quantitative estimate of drug-likeness (QED) is 0.304. The first kappa shape index (κ1) is 34.0. The number of aromatic nitrogens is 1. The van der Waals surface area contributed by atoms with Gasteiger partial charge in [-0.2, -0.15) is 27.2 Å². The first-order valence-corrected chi connectivity index (χ1v) is 16.7. The molecule has 2 fully saturated rings. The number of nitrogens with zero attached hydrogens (tertiary/aromatic N) is 3. The number of alkyl halides is 5. The van der Waals surface area contributed by atoms with Crippen molar-refractivity contribution in [3.8, 4) is 6.07 Å². The number of sulfone groups is 1. The van der Waals surface area contributed by atoms with E-state index in [1.165, 1.54) is 19.1 Å². The molecule has 2 aromatic rings. The van der Waals surface area contributed by atoms with Gasteiger partial charge in [0.2, 0.25) is 0 Å². The lowest BCUT2D eigenvalue weighted by atomic mass is 9.85. The number of halogens is 5. The molecular weight excluding hydrogens is 629 g/mol. The molecule has 1 amide bonds. The van der Waals surface area contributed by atoms with Crippen LogP contribution in [0.25, 0.3) is 0 Å². The van der Waals surface area contributed by atoms with E-state index < -0.39 is 46.4 Å². The van der Waals surface area contributed by atoms with Gasteiger partial charge in [0.15, 0.2) is 15.0 Å². The average Bonchev–Trinajstić information content (AvgIpc) is 3.59. The summed E-state index contributed by atoms with van der Waals surface area (Å²) in [6, 6.07) is 7.01. The Hall–Kier alpha value is -2.87. The van der Waals surface area contributed by atoms with Gasteiger partial charge in [0.25, 0.3) is 5.91 Å². The molecule has 0 bridgehead atoms. The zero-order chi connectivity index (χ0) is 32.2. The molecule has 2 heterocycles. The molecule has 2 aliphatic rings. The number of primary amides is 1. The van der Waals surface area contributed by atoms with Crippen molar-refractivity contribution in [1.82, 2.24) is 10.3 Å². The van der Waals surface area contributed by atoms with Crippen molar-refractivity contribution in [2.45, 2.75) is 87.2 Å². The number of hydrogen-bond donors (Lipinski definition) is 2. The van der Waals surface area contributed by atoms with Gasteiger partial charge < -0.3 is 20.7 Å². The topological polar surface area (TPSA) is 138 Å². The molecule has 3 atom stereocenters. The zero-order valence-electron chi connectivity index (χ0n) is 23.9. The Labute approximate surface area is 256 Å². The van der Waals surface area contributed by atoms with E-state index in [4.69, 9.17) is 5.73 Å². The molecule has 242 valence electrons. The van der Waals surface area contributed by atoms with Crippen molar-refractivity contribution in [3.63, 3.8) is 0 Å². The van der Waals surface area contributed by atoms with Crippen molar-refractivity contribution in [3.05, 3.63) is 40.4 Å². The monoisotopic (exact) mass is 663 g/mol. The highest BCUT2D eigenvalue weighted by atomic mass is 32.2. The molecule has 1 saturated heterocycles. The van der Waals surface area contributed by atoms with Gasteiger partial charge >= 0.3 is 12.8 Å². The first-order chi connectivity index (χ1) is 20.7. The smallest absolute Gasteiger partial charge is 0.365 e. The van der Waals surface area contributed by atoms with Gasteiger partial charge in [-0.05, 0) is 49.8 Å². The Kier molecular flexibility index (Phi) is 10.9. The Morgan fingerprint density at radius 1 is 1.20 bits per heavy atom. The van der Waals surface area contributed by atoms with E-state index in [1.54, 1.807) is 17.0 Å². The van der Waals surface area contributed by atoms with Crippen LogP contribution < -0.4 is 16.0 Å². The van der Waals surface area contributed by atoms with Crippen molar-refractivity contribution in [2.24, 2.45) is 11.7 Å². The van der Waals surface area contributed by atoms with E-state index in [1.807, 2.05) is 0 Å². The zero-order valence-corrected chi connectivity index (χ0v) is 25.5. The van der Waals surface area contributed by atoms with Gasteiger partial charge in [0, 0.05) is 31.0 Å². The summed E-state index contributed by atoms with van der Waals surface area (Å²) in [7, 11) is -3.47. The Morgan fingerprint density at radius 2 is 1.86 bits per heavy atom. The largest absolute Gasteiger partial charge is 0.391 e. The van der Waals surface area contributed by atoms with Crippen LogP contribution in [-0.4, -0.2) is 69.1 Å². The lowest BCUT2D eigenvalue weighted by molar-refractivity contribution is -0.182. The lowest BCUT2D eigenvalue weighted by Crippen LogP contribution is -2.43. The van der Waals surface area contributed by atoms with Crippen LogP contribution in [0.15, 0.2) is 29.2 Å². The molecule has 1 aliphatic carbocycles. The van der Waals surface area contributed by atoms with Crippen molar-refractivity contribution in [2.75, 3.05) is 23.8 Å². The van der Waals surface area contributed by atoms with Crippen LogP contribution in [-0.2, 0) is 14.6 Å². The van der Waals surface area contributed by atoms with E-state index >= 15 is 0 Å². The molecule has 0 radical (unpaired) electrons. The third kappa shape index (κ3) is 8.04. The number of nitrogens with two attached hydrogens (primary N) is 1. The molecule has 16 heteroatoms. The third-order valence-corrected chi connectivity index (χ3v) is 11.1. The van der Waals surface area contributed by atoms with E-state index in [0.717, 1.165) is 11.3 Å². The minimum Gasteiger partial charge on any atom is -0.365 e. The summed E-state index contributed by atoms with van der Waals surface area (Å²) in [5, 5.41) is 13.3. The summed E-state index contributed by atoms with van der Waals surface area (Å²) in [5.74, 6) is -2.96. The summed E-state index contributed by atoms with van der Waals surface area (Å²) in [4.78, 5) is 19.1. The van der Waals surface area contributed by atoms with Crippen LogP contribution in [0.5, 0.6) is 0 Å². The summed E-state index contributed by atoms with van der Waals surface area (Å²) in [5.41, 5.74) is 6.44. The highest BCUT2D eigenvalue weighted by molar-refractivity contribution is 7.91. The lowest BCUT2D eigenvalue weighted by Gasteiger charge is -2.32. The second-order valence-corrected chi connectivity index (χ2v) is 14.3. The van der Waals surface area contributed by atoms with Crippen molar-refractivity contribution in [1.29, 1.82) is 5.26 Å². The predicted octanol–water partition coefficient (Wildman–Crippen LogP) is 4.98. The fraction of sp³-hybridized carbons (Fsp3) is 0.607. The van der Waals surface area contributed by atoms with Crippen molar-refractivity contribution >= 4 is 32.2 Å². The number of nitriles is 1. The van der Waals surface area contributed by atoms with Crippen LogP contribution in [0.4, 0.5) is 27.1 Å². The maximum absolute atomic E-state index is 13.1. The fourth-order valence-electron chi connectivity index (χ4n) is 5.93. The Bertz CT molecular complexity index is 1440. The van der Waals surface area contributed by atoms with Gasteiger partial charge in [-0.25, -0.2) is 13.4 Å². The van der Waals surface area contributed by atoms with E-state index in [0.29, 0.717) is 30.0 Å². The molecule has 1 aromatic heterocycles. The van der Waals surface area contributed by atoms with E-state index in [-0.39, 0.29) is 65.7 Å². The highest BCUT2D eigenvalue weighted by Crippen LogP contribution is 2.40. The maximum Gasteiger partial charge on any atom is 0.391 e. The van der Waals surface area contributed by atoms with Gasteiger partial charge in [-0.3, -0.25) is 4.79 Å². The average molecular weight is 664 g/mol. The minimum atomic E-state index is -4.23. The molecule has 0 spiro atoms. The molecule has 1 aliphatic heterocycles. The third-order valence-electron chi connectivity index (χ3n) is 8.25. The molecule has 44 heavy (non-hydrogen) atoms. The summed E-state index contributed by atoms with van der Waals surface area (Å²) >= 11 is 0.953. The predicted molar refractivity (Wildman–Crippen MR) is 153 cm³/mol. The van der Waals surface area contributed by atoms with Crippen LogP contribution >= 0.6 is 11.3 Å². The number of amides is 1. The Morgan fingerprint density at radius 3 is 2.41 bits per heavy atom. The molecule has 0 unspecified atom stereocenters. The van der Waals surface area contributed by atoms with E-state index in [2.05, 4.69) is 21.1 Å². The van der Waals surface area contributed by atoms with Crippen LogP contribution in [0.2, 0.25) is 0 Å². The number of nitrogens with one attached hydrogen (secondary N) is 1. The number of thiazole rings is 1. The van der Waals surface area contributed by atoms with E-state index in [9.17, 15) is 40.4 Å². The molecule has 3 N–H and O–H groups in total. The molecule has 4 rings (SSSR count). The molecule has 1 saturated carbocycles. The number of benzene rings is 1. The highest BCUT2D eigenvalue weighted by Gasteiger charge is 2.43. The van der Waals surface area contributed by atoms with Crippen molar-refractivity contribution < 1.29 is 39.9 Å². The van der Waals surface area contributed by atoms with Gasteiger partial charge in [-0.15, -0.1) is 0 Å². The van der Waals surface area contributed by atoms with Crippen LogP contribution in [0.3, 0.4) is 0 Å². The first-order valence-electron chi connectivity index (χ1n) is 14.2. The Balaban J connectivity index is 1.60. The van der Waals surface area contributed by atoms with Crippen LogP contribution in [0, 0.1) is 17.2 Å². The SMILES string of the molecule is CCS(=O)(=O)c1ccc([C@H](CC#N)c2nc(N3C[C@@H](NC4CCC(C(F)(F)F)CC4)C[C@H]3COC(F)F)sc2C(N)=O)cc1. The summed E-state index contributed by atoms with van der Waals surface area (Å²) < 4.78 is 94.5. The molecule has 1 aromatic carbocycles. The van der Waals surface area contributed by atoms with Gasteiger partial charge in [-0.1, -0.05) is 30.4 Å². The van der Waals surface area contributed by atoms with Gasteiger partial charge in [0.1, 0.15) is 4.88 Å². The van der Waals surface area contributed by atoms with Crippen LogP contribution in [0.1, 0.15) is 72.3 Å².